The van der Waals surface area contributed by atoms with Crippen LogP contribution >= 0.6 is 23.2 Å². The zero-order valence-corrected chi connectivity index (χ0v) is 15.2. The SMILES string of the molecule is COc1ccc(O[C@H](C)C(=O)N[C@H](C)c2ccc(Cl)cc2Cl)cc1. The van der Waals surface area contributed by atoms with Crippen molar-refractivity contribution in [2.45, 2.75) is 26.0 Å². The topological polar surface area (TPSA) is 47.6 Å². The third-order valence-electron chi connectivity index (χ3n) is 3.53. The maximum atomic E-state index is 12.3. The minimum atomic E-state index is -0.646. The second-order valence-electron chi connectivity index (χ2n) is 5.33. The highest BCUT2D eigenvalue weighted by Gasteiger charge is 2.19. The summed E-state index contributed by atoms with van der Waals surface area (Å²) in [5, 5.41) is 3.95. The summed E-state index contributed by atoms with van der Waals surface area (Å²) in [6.45, 7) is 3.54. The van der Waals surface area contributed by atoms with E-state index in [-0.39, 0.29) is 11.9 Å². The molecule has 2 aromatic rings. The molecule has 0 spiro atoms. The van der Waals surface area contributed by atoms with Crippen LogP contribution in [-0.4, -0.2) is 19.1 Å². The fraction of sp³-hybridized carbons (Fsp3) is 0.278. The van der Waals surface area contributed by atoms with Crippen LogP contribution in [0.1, 0.15) is 25.5 Å². The molecule has 2 atom stereocenters. The molecule has 0 saturated carbocycles. The molecule has 0 bridgehead atoms. The third-order valence-corrected chi connectivity index (χ3v) is 4.09. The lowest BCUT2D eigenvalue weighted by Crippen LogP contribution is -2.37. The van der Waals surface area contributed by atoms with Crippen LogP contribution in [0.15, 0.2) is 42.5 Å². The number of hydrogen-bond donors (Lipinski definition) is 1. The van der Waals surface area contributed by atoms with E-state index in [0.29, 0.717) is 15.8 Å². The molecule has 0 fully saturated rings. The van der Waals surface area contributed by atoms with E-state index >= 15 is 0 Å². The van der Waals surface area contributed by atoms with E-state index in [0.717, 1.165) is 11.3 Å². The van der Waals surface area contributed by atoms with Crippen molar-refractivity contribution in [2.75, 3.05) is 7.11 Å². The molecule has 0 heterocycles. The molecule has 0 aromatic heterocycles. The van der Waals surface area contributed by atoms with Crippen LogP contribution in [0.5, 0.6) is 11.5 Å². The second-order valence-corrected chi connectivity index (χ2v) is 6.18. The summed E-state index contributed by atoms with van der Waals surface area (Å²) in [5.41, 5.74) is 0.797. The van der Waals surface area contributed by atoms with E-state index in [1.54, 1.807) is 56.5 Å². The molecule has 2 rings (SSSR count). The highest BCUT2D eigenvalue weighted by Crippen LogP contribution is 2.26. The number of benzene rings is 2. The Bertz CT molecular complexity index is 704. The lowest BCUT2D eigenvalue weighted by atomic mass is 10.1. The highest BCUT2D eigenvalue weighted by atomic mass is 35.5. The zero-order valence-electron chi connectivity index (χ0n) is 13.7. The number of carbonyl (C=O) groups excluding carboxylic acids is 1. The van der Waals surface area contributed by atoms with E-state index in [2.05, 4.69) is 5.32 Å². The maximum Gasteiger partial charge on any atom is 0.261 e. The fourth-order valence-electron chi connectivity index (χ4n) is 2.17. The molecule has 1 N–H and O–H groups in total. The maximum absolute atomic E-state index is 12.3. The van der Waals surface area contributed by atoms with Crippen molar-refractivity contribution in [1.29, 1.82) is 0 Å². The highest BCUT2D eigenvalue weighted by molar-refractivity contribution is 6.35. The summed E-state index contributed by atoms with van der Waals surface area (Å²) in [6.07, 6.45) is -0.646. The number of nitrogens with one attached hydrogen (secondary N) is 1. The van der Waals surface area contributed by atoms with Crippen LogP contribution in [0.25, 0.3) is 0 Å². The van der Waals surface area contributed by atoms with Crippen LogP contribution in [0.3, 0.4) is 0 Å². The predicted molar refractivity (Wildman–Crippen MR) is 96.1 cm³/mol. The van der Waals surface area contributed by atoms with Gasteiger partial charge in [-0.2, -0.15) is 0 Å². The van der Waals surface area contributed by atoms with Gasteiger partial charge in [-0.3, -0.25) is 4.79 Å². The van der Waals surface area contributed by atoms with E-state index in [1.807, 2.05) is 6.92 Å². The predicted octanol–water partition coefficient (Wildman–Crippen LogP) is 4.65. The Labute approximate surface area is 151 Å². The minimum Gasteiger partial charge on any atom is -0.497 e. The van der Waals surface area contributed by atoms with Crippen LogP contribution < -0.4 is 14.8 Å². The lowest BCUT2D eigenvalue weighted by molar-refractivity contribution is -0.127. The van der Waals surface area contributed by atoms with Crippen molar-refractivity contribution in [3.63, 3.8) is 0 Å². The van der Waals surface area contributed by atoms with Crippen molar-refractivity contribution in [3.8, 4) is 11.5 Å². The van der Waals surface area contributed by atoms with Gasteiger partial charge in [0, 0.05) is 10.0 Å². The van der Waals surface area contributed by atoms with Crippen molar-refractivity contribution in [2.24, 2.45) is 0 Å². The molecule has 1 amide bonds. The summed E-state index contributed by atoms with van der Waals surface area (Å²) < 4.78 is 10.7. The quantitative estimate of drug-likeness (QED) is 0.808. The first-order chi connectivity index (χ1) is 11.4. The average molecular weight is 368 g/mol. The van der Waals surface area contributed by atoms with Crippen LogP contribution in [0, 0.1) is 0 Å². The Morgan fingerprint density at radius 2 is 1.67 bits per heavy atom. The number of carbonyl (C=O) groups is 1. The second kappa shape index (κ2) is 8.27. The van der Waals surface area contributed by atoms with Crippen LogP contribution in [0.4, 0.5) is 0 Å². The molecule has 0 saturated heterocycles. The zero-order chi connectivity index (χ0) is 17.7. The largest absolute Gasteiger partial charge is 0.497 e. The molecule has 0 unspecified atom stereocenters. The van der Waals surface area contributed by atoms with Gasteiger partial charge in [0.05, 0.1) is 13.2 Å². The standard InChI is InChI=1S/C18H19Cl2NO3/c1-11(16-9-4-13(19)10-17(16)20)21-18(22)12(2)24-15-7-5-14(23-3)6-8-15/h4-12H,1-3H3,(H,21,22)/t11-,12-/m1/s1. The van der Waals surface area contributed by atoms with Crippen molar-refractivity contribution >= 4 is 29.1 Å². The molecule has 0 radical (unpaired) electrons. The Morgan fingerprint density at radius 3 is 2.25 bits per heavy atom. The van der Waals surface area contributed by atoms with Crippen molar-refractivity contribution in [3.05, 3.63) is 58.1 Å². The molecule has 0 aliphatic rings. The van der Waals surface area contributed by atoms with Crippen molar-refractivity contribution in [1.82, 2.24) is 5.32 Å². The molecule has 24 heavy (non-hydrogen) atoms. The van der Waals surface area contributed by atoms with Gasteiger partial charge < -0.3 is 14.8 Å². The molecule has 2 aromatic carbocycles. The van der Waals surface area contributed by atoms with E-state index in [9.17, 15) is 4.79 Å². The number of rotatable bonds is 6. The third kappa shape index (κ3) is 4.79. The molecule has 128 valence electrons. The molecule has 0 aliphatic heterocycles. The molecular weight excluding hydrogens is 349 g/mol. The Kier molecular flexibility index (Phi) is 6.35. The number of halogens is 2. The molecule has 6 heteroatoms. The summed E-state index contributed by atoms with van der Waals surface area (Å²) >= 11 is 12.1. The molecular formula is C18H19Cl2NO3. The van der Waals surface area contributed by atoms with Gasteiger partial charge in [0.1, 0.15) is 11.5 Å². The van der Waals surface area contributed by atoms with Gasteiger partial charge >= 0.3 is 0 Å². The summed E-state index contributed by atoms with van der Waals surface area (Å²) in [4.78, 5) is 12.3. The lowest BCUT2D eigenvalue weighted by Gasteiger charge is -2.20. The monoisotopic (exact) mass is 367 g/mol. The first-order valence-electron chi connectivity index (χ1n) is 7.46. The van der Waals surface area contributed by atoms with Crippen LogP contribution in [0.2, 0.25) is 10.0 Å². The van der Waals surface area contributed by atoms with E-state index < -0.39 is 6.10 Å². The summed E-state index contributed by atoms with van der Waals surface area (Å²) in [7, 11) is 1.59. The Balaban J connectivity index is 1.97. The number of amides is 1. The number of methoxy groups -OCH3 is 1. The van der Waals surface area contributed by atoms with Crippen molar-refractivity contribution < 1.29 is 14.3 Å². The first kappa shape index (κ1) is 18.4. The summed E-state index contributed by atoms with van der Waals surface area (Å²) in [5.74, 6) is 1.09. The average Bonchev–Trinajstić information content (AvgIpc) is 2.55. The van der Waals surface area contributed by atoms with Gasteiger partial charge in [0.25, 0.3) is 5.91 Å². The van der Waals surface area contributed by atoms with Crippen LogP contribution in [-0.2, 0) is 4.79 Å². The van der Waals surface area contributed by atoms with Gasteiger partial charge in [-0.25, -0.2) is 0 Å². The number of hydrogen-bond acceptors (Lipinski definition) is 3. The summed E-state index contributed by atoms with van der Waals surface area (Å²) in [6, 6.07) is 12.0. The molecule has 0 aliphatic carbocycles. The smallest absolute Gasteiger partial charge is 0.261 e. The normalized spacial score (nSPS) is 13.0. The Morgan fingerprint density at radius 1 is 1.04 bits per heavy atom. The van der Waals surface area contributed by atoms with E-state index in [1.165, 1.54) is 0 Å². The van der Waals surface area contributed by atoms with Gasteiger partial charge in [-0.15, -0.1) is 0 Å². The van der Waals surface area contributed by atoms with Gasteiger partial charge in [-0.1, -0.05) is 29.3 Å². The van der Waals surface area contributed by atoms with Gasteiger partial charge in [0.2, 0.25) is 0 Å². The van der Waals surface area contributed by atoms with Gasteiger partial charge in [-0.05, 0) is 55.8 Å². The van der Waals surface area contributed by atoms with E-state index in [4.69, 9.17) is 32.7 Å². The molecule has 4 nitrogen and oxygen atoms in total. The first-order valence-corrected chi connectivity index (χ1v) is 8.22. The Hall–Kier alpha value is -1.91. The minimum absolute atomic E-state index is 0.232. The number of ether oxygens (including phenoxy) is 2. The fourth-order valence-corrected chi connectivity index (χ4v) is 2.75. The van der Waals surface area contributed by atoms with Gasteiger partial charge in [0.15, 0.2) is 6.10 Å².